The van der Waals surface area contributed by atoms with Crippen LogP contribution in [0, 0.1) is 0 Å². The number of unbranched alkanes of at least 4 members (excludes halogenated alkanes) is 1. The van der Waals surface area contributed by atoms with Gasteiger partial charge in [0.25, 0.3) is 5.91 Å². The van der Waals surface area contributed by atoms with Gasteiger partial charge in [-0.2, -0.15) is 0 Å². The minimum Gasteiger partial charge on any atom is -0.479 e. The fourth-order valence-corrected chi connectivity index (χ4v) is 2.40. The van der Waals surface area contributed by atoms with Gasteiger partial charge in [-0.3, -0.25) is 4.79 Å². The first kappa shape index (κ1) is 14.6. The summed E-state index contributed by atoms with van der Waals surface area (Å²) < 4.78 is 5.66. The molecule has 2 rings (SSSR count). The zero-order valence-electron chi connectivity index (χ0n) is 12.0. The number of amides is 1. The van der Waals surface area contributed by atoms with Crippen molar-refractivity contribution < 1.29 is 9.53 Å². The van der Waals surface area contributed by atoms with Crippen molar-refractivity contribution in [1.82, 2.24) is 0 Å². The van der Waals surface area contributed by atoms with Gasteiger partial charge in [0.05, 0.1) is 5.69 Å². The van der Waals surface area contributed by atoms with Crippen molar-refractivity contribution in [3.05, 3.63) is 36.4 Å². The van der Waals surface area contributed by atoms with Crippen LogP contribution in [-0.4, -0.2) is 25.1 Å². The Bertz CT molecular complexity index is 499. The van der Waals surface area contributed by atoms with Crippen molar-refractivity contribution in [2.24, 2.45) is 5.73 Å². The molecule has 0 saturated heterocycles. The lowest BCUT2D eigenvalue weighted by Gasteiger charge is -2.32. The van der Waals surface area contributed by atoms with Gasteiger partial charge in [0, 0.05) is 6.54 Å². The number of ether oxygens (including phenoxy) is 1. The summed E-state index contributed by atoms with van der Waals surface area (Å²) in [6, 6.07) is 6.05. The van der Waals surface area contributed by atoms with E-state index in [4.69, 9.17) is 10.5 Å². The first-order chi connectivity index (χ1) is 9.67. The molecule has 1 aromatic rings. The van der Waals surface area contributed by atoms with Crippen molar-refractivity contribution in [1.29, 1.82) is 0 Å². The second kappa shape index (κ2) is 6.57. The van der Waals surface area contributed by atoms with Crippen molar-refractivity contribution in [2.45, 2.75) is 32.3 Å². The average Bonchev–Trinajstić information content (AvgIpc) is 2.45. The van der Waals surface area contributed by atoms with E-state index in [0.29, 0.717) is 13.1 Å². The number of carbonyl (C=O) groups excluding carboxylic acids is 1. The van der Waals surface area contributed by atoms with E-state index in [1.165, 1.54) is 5.56 Å². The summed E-state index contributed by atoms with van der Waals surface area (Å²) in [5.74, 6) is 0.748. The SMILES string of the molecule is C=CCN1C(=O)C(C)Oc2ccc(CCCCN)cc21. The highest BCUT2D eigenvalue weighted by atomic mass is 16.5. The summed E-state index contributed by atoms with van der Waals surface area (Å²) in [6.07, 6.45) is 4.34. The lowest BCUT2D eigenvalue weighted by atomic mass is 10.1. The number of aryl methyl sites for hydroxylation is 1. The molecule has 1 atom stereocenters. The molecule has 2 N–H and O–H groups in total. The number of carbonyl (C=O) groups is 1. The predicted octanol–water partition coefficient (Wildman–Crippen LogP) is 2.27. The number of nitrogens with zero attached hydrogens (tertiary/aromatic N) is 1. The summed E-state index contributed by atoms with van der Waals surface area (Å²) in [7, 11) is 0. The molecule has 4 nitrogen and oxygen atoms in total. The second-order valence-corrected chi connectivity index (χ2v) is 5.05. The molecular formula is C16H22N2O2. The molecule has 0 fully saturated rings. The molecule has 1 aliphatic heterocycles. The van der Waals surface area contributed by atoms with E-state index in [0.717, 1.165) is 30.7 Å². The number of anilines is 1. The molecule has 1 aromatic carbocycles. The van der Waals surface area contributed by atoms with Crippen LogP contribution < -0.4 is 15.4 Å². The predicted molar refractivity (Wildman–Crippen MR) is 81.1 cm³/mol. The third-order valence-electron chi connectivity index (χ3n) is 3.46. The molecule has 1 amide bonds. The highest BCUT2D eigenvalue weighted by molar-refractivity contribution is 6.00. The molecular weight excluding hydrogens is 252 g/mol. The molecule has 0 spiro atoms. The molecule has 0 saturated carbocycles. The van der Waals surface area contributed by atoms with Gasteiger partial charge < -0.3 is 15.4 Å². The number of fused-ring (bicyclic) bond motifs is 1. The van der Waals surface area contributed by atoms with Gasteiger partial charge in [-0.15, -0.1) is 6.58 Å². The van der Waals surface area contributed by atoms with Crippen molar-refractivity contribution >= 4 is 11.6 Å². The average molecular weight is 274 g/mol. The molecule has 0 aliphatic carbocycles. The monoisotopic (exact) mass is 274 g/mol. The summed E-state index contributed by atoms with van der Waals surface area (Å²) in [6.45, 7) is 6.72. The van der Waals surface area contributed by atoms with E-state index < -0.39 is 6.10 Å². The van der Waals surface area contributed by atoms with Gasteiger partial charge in [-0.1, -0.05) is 12.1 Å². The van der Waals surface area contributed by atoms with E-state index in [1.807, 2.05) is 12.1 Å². The molecule has 0 radical (unpaired) electrons. The quantitative estimate of drug-likeness (QED) is 0.639. The number of nitrogens with two attached hydrogens (primary N) is 1. The molecule has 4 heteroatoms. The van der Waals surface area contributed by atoms with Gasteiger partial charge in [-0.05, 0) is 50.4 Å². The van der Waals surface area contributed by atoms with E-state index in [9.17, 15) is 4.79 Å². The third-order valence-corrected chi connectivity index (χ3v) is 3.46. The smallest absolute Gasteiger partial charge is 0.268 e. The van der Waals surface area contributed by atoms with Gasteiger partial charge in [-0.25, -0.2) is 0 Å². The maximum Gasteiger partial charge on any atom is 0.268 e. The molecule has 1 aliphatic rings. The van der Waals surface area contributed by atoms with Crippen LogP contribution in [0.3, 0.4) is 0 Å². The zero-order chi connectivity index (χ0) is 14.5. The standard InChI is InChI=1S/C16H22N2O2/c1-3-10-18-14-11-13(6-4-5-9-17)7-8-15(14)20-12(2)16(18)19/h3,7-8,11-12H,1,4-6,9-10,17H2,2H3. The summed E-state index contributed by atoms with van der Waals surface area (Å²) in [5.41, 5.74) is 7.57. The Hall–Kier alpha value is -1.81. The van der Waals surface area contributed by atoms with E-state index in [-0.39, 0.29) is 5.91 Å². The molecule has 1 heterocycles. The Morgan fingerprint density at radius 3 is 2.95 bits per heavy atom. The molecule has 1 unspecified atom stereocenters. The van der Waals surface area contributed by atoms with Crippen LogP contribution in [0.5, 0.6) is 5.75 Å². The fraction of sp³-hybridized carbons (Fsp3) is 0.438. The summed E-state index contributed by atoms with van der Waals surface area (Å²) in [5, 5.41) is 0. The van der Waals surface area contributed by atoms with Crippen molar-refractivity contribution in [2.75, 3.05) is 18.0 Å². The first-order valence-electron chi connectivity index (χ1n) is 7.09. The molecule has 0 aromatic heterocycles. The topological polar surface area (TPSA) is 55.6 Å². The van der Waals surface area contributed by atoms with Crippen LogP contribution in [0.1, 0.15) is 25.3 Å². The molecule has 20 heavy (non-hydrogen) atoms. The van der Waals surface area contributed by atoms with Gasteiger partial charge in [0.1, 0.15) is 5.75 Å². The number of rotatable bonds is 6. The van der Waals surface area contributed by atoms with E-state index >= 15 is 0 Å². The normalized spacial score (nSPS) is 17.6. The minimum atomic E-state index is -0.439. The Morgan fingerprint density at radius 2 is 2.25 bits per heavy atom. The summed E-state index contributed by atoms with van der Waals surface area (Å²) >= 11 is 0. The van der Waals surface area contributed by atoms with Crippen LogP contribution in [0.15, 0.2) is 30.9 Å². The van der Waals surface area contributed by atoms with Crippen LogP contribution in [0.2, 0.25) is 0 Å². The van der Waals surface area contributed by atoms with Gasteiger partial charge in [0.2, 0.25) is 0 Å². The Kier molecular flexibility index (Phi) is 4.79. The van der Waals surface area contributed by atoms with Gasteiger partial charge in [0.15, 0.2) is 6.10 Å². The van der Waals surface area contributed by atoms with Gasteiger partial charge >= 0.3 is 0 Å². The van der Waals surface area contributed by atoms with Crippen molar-refractivity contribution in [3.63, 3.8) is 0 Å². The first-order valence-corrected chi connectivity index (χ1v) is 7.09. The number of hydrogen-bond donors (Lipinski definition) is 1. The Morgan fingerprint density at radius 1 is 1.45 bits per heavy atom. The third kappa shape index (κ3) is 3.02. The highest BCUT2D eigenvalue weighted by Gasteiger charge is 2.30. The van der Waals surface area contributed by atoms with E-state index in [1.54, 1.807) is 17.9 Å². The maximum absolute atomic E-state index is 12.2. The highest BCUT2D eigenvalue weighted by Crippen LogP contribution is 2.35. The lowest BCUT2D eigenvalue weighted by molar-refractivity contribution is -0.125. The Labute approximate surface area is 120 Å². The van der Waals surface area contributed by atoms with Crippen LogP contribution >= 0.6 is 0 Å². The lowest BCUT2D eigenvalue weighted by Crippen LogP contribution is -2.44. The minimum absolute atomic E-state index is 0.0171. The molecule has 108 valence electrons. The second-order valence-electron chi connectivity index (χ2n) is 5.05. The van der Waals surface area contributed by atoms with Crippen molar-refractivity contribution in [3.8, 4) is 5.75 Å². The number of hydrogen-bond acceptors (Lipinski definition) is 3. The molecule has 0 bridgehead atoms. The van der Waals surface area contributed by atoms with Crippen LogP contribution in [0.4, 0.5) is 5.69 Å². The number of benzene rings is 1. The van der Waals surface area contributed by atoms with E-state index in [2.05, 4.69) is 12.6 Å². The van der Waals surface area contributed by atoms with Crippen LogP contribution in [-0.2, 0) is 11.2 Å². The largest absolute Gasteiger partial charge is 0.479 e. The summed E-state index contributed by atoms with van der Waals surface area (Å²) in [4.78, 5) is 13.9. The zero-order valence-corrected chi connectivity index (χ0v) is 12.0. The fourth-order valence-electron chi connectivity index (χ4n) is 2.40. The Balaban J connectivity index is 2.25. The maximum atomic E-state index is 12.2. The van der Waals surface area contributed by atoms with Crippen LogP contribution in [0.25, 0.3) is 0 Å².